The lowest BCUT2D eigenvalue weighted by atomic mass is 9.96. The van der Waals surface area contributed by atoms with E-state index in [-0.39, 0.29) is 5.92 Å². The zero-order valence-corrected chi connectivity index (χ0v) is 9.70. The normalized spacial score (nSPS) is 28.1. The van der Waals surface area contributed by atoms with Gasteiger partial charge in [-0.05, 0) is 36.5 Å². The van der Waals surface area contributed by atoms with Crippen molar-refractivity contribution >= 4 is 23.0 Å². The van der Waals surface area contributed by atoms with E-state index < -0.39 is 0 Å². The second-order valence-electron chi connectivity index (χ2n) is 4.65. The van der Waals surface area contributed by atoms with E-state index in [4.69, 9.17) is 11.6 Å². The maximum atomic E-state index is 12.2. The lowest BCUT2D eigenvalue weighted by Crippen LogP contribution is -2.10. The molecule has 0 saturated heterocycles. The number of Topliss-reactive ketones (excluding diaryl/α,β-unsaturated/α-hetero) is 1. The SMILES string of the molecule is O=C1C(c2ccc(Cl)cc2)=CC2CCCC12. The number of hydrogen-bond donors (Lipinski definition) is 0. The van der Waals surface area contributed by atoms with Crippen molar-refractivity contribution in [2.75, 3.05) is 0 Å². The molecule has 1 saturated carbocycles. The van der Waals surface area contributed by atoms with Crippen LogP contribution in [0.15, 0.2) is 30.3 Å². The summed E-state index contributed by atoms with van der Waals surface area (Å²) in [5.74, 6) is 1.11. The van der Waals surface area contributed by atoms with Gasteiger partial charge in [0, 0.05) is 16.5 Å². The molecule has 0 aliphatic heterocycles. The summed E-state index contributed by atoms with van der Waals surface area (Å²) >= 11 is 5.85. The van der Waals surface area contributed by atoms with Crippen LogP contribution in [0.5, 0.6) is 0 Å². The predicted octanol–water partition coefficient (Wildman–Crippen LogP) is 3.72. The molecule has 82 valence electrons. The Bertz CT molecular complexity index is 458. The Labute approximate surface area is 100 Å². The van der Waals surface area contributed by atoms with Crippen molar-refractivity contribution in [3.8, 4) is 0 Å². The van der Waals surface area contributed by atoms with Gasteiger partial charge in [-0.25, -0.2) is 0 Å². The van der Waals surface area contributed by atoms with E-state index in [1.807, 2.05) is 24.3 Å². The van der Waals surface area contributed by atoms with E-state index in [9.17, 15) is 4.79 Å². The Morgan fingerprint density at radius 2 is 1.88 bits per heavy atom. The fraction of sp³-hybridized carbons (Fsp3) is 0.357. The van der Waals surface area contributed by atoms with Crippen LogP contribution in [-0.4, -0.2) is 5.78 Å². The quantitative estimate of drug-likeness (QED) is 0.721. The molecule has 0 bridgehead atoms. The molecule has 3 rings (SSSR count). The van der Waals surface area contributed by atoms with Crippen LogP contribution >= 0.6 is 11.6 Å². The minimum Gasteiger partial charge on any atom is -0.294 e. The maximum absolute atomic E-state index is 12.2. The second-order valence-corrected chi connectivity index (χ2v) is 5.09. The molecule has 2 aliphatic rings. The van der Waals surface area contributed by atoms with Gasteiger partial charge in [-0.15, -0.1) is 0 Å². The fourth-order valence-corrected chi connectivity index (χ4v) is 3.00. The van der Waals surface area contributed by atoms with Crippen molar-refractivity contribution in [2.24, 2.45) is 11.8 Å². The van der Waals surface area contributed by atoms with Gasteiger partial charge in [0.2, 0.25) is 0 Å². The van der Waals surface area contributed by atoms with Crippen LogP contribution in [0.3, 0.4) is 0 Å². The summed E-state index contributed by atoms with van der Waals surface area (Å²) in [7, 11) is 0. The number of benzene rings is 1. The van der Waals surface area contributed by atoms with Gasteiger partial charge in [0.05, 0.1) is 0 Å². The molecule has 1 fully saturated rings. The molecule has 1 aromatic rings. The van der Waals surface area contributed by atoms with Gasteiger partial charge in [-0.2, -0.15) is 0 Å². The Morgan fingerprint density at radius 1 is 1.12 bits per heavy atom. The highest BCUT2D eigenvalue weighted by Crippen LogP contribution is 2.43. The molecular weight excluding hydrogens is 220 g/mol. The van der Waals surface area contributed by atoms with Gasteiger partial charge < -0.3 is 0 Å². The molecule has 1 nitrogen and oxygen atoms in total. The molecule has 1 aromatic carbocycles. The molecule has 0 amide bonds. The van der Waals surface area contributed by atoms with E-state index in [0.717, 1.165) is 22.6 Å². The van der Waals surface area contributed by atoms with Gasteiger partial charge in [0.25, 0.3) is 0 Å². The van der Waals surface area contributed by atoms with Crippen molar-refractivity contribution in [3.63, 3.8) is 0 Å². The third-order valence-corrected chi connectivity index (χ3v) is 3.96. The molecular formula is C14H13ClO. The predicted molar refractivity (Wildman–Crippen MR) is 65.3 cm³/mol. The highest BCUT2D eigenvalue weighted by Gasteiger charge is 2.38. The number of carbonyl (C=O) groups excluding carboxylic acids is 1. The average molecular weight is 233 g/mol. The van der Waals surface area contributed by atoms with Crippen LogP contribution in [0, 0.1) is 11.8 Å². The summed E-state index contributed by atoms with van der Waals surface area (Å²) in [6.45, 7) is 0. The highest BCUT2D eigenvalue weighted by molar-refractivity contribution is 6.30. The van der Waals surface area contributed by atoms with Gasteiger partial charge in [0.1, 0.15) is 0 Å². The summed E-state index contributed by atoms with van der Waals surface area (Å²) in [6, 6.07) is 7.57. The Morgan fingerprint density at radius 3 is 2.56 bits per heavy atom. The number of rotatable bonds is 1. The van der Waals surface area contributed by atoms with Gasteiger partial charge >= 0.3 is 0 Å². The number of fused-ring (bicyclic) bond motifs is 1. The molecule has 0 spiro atoms. The molecule has 2 atom stereocenters. The van der Waals surface area contributed by atoms with E-state index >= 15 is 0 Å². The number of ketones is 1. The largest absolute Gasteiger partial charge is 0.294 e. The number of halogens is 1. The smallest absolute Gasteiger partial charge is 0.166 e. The first-order chi connectivity index (χ1) is 7.75. The molecule has 2 unspecified atom stereocenters. The van der Waals surface area contributed by atoms with Gasteiger partial charge in [0.15, 0.2) is 5.78 Å². The first-order valence-corrected chi connectivity index (χ1v) is 6.15. The van der Waals surface area contributed by atoms with Gasteiger partial charge in [-0.1, -0.05) is 36.2 Å². The average Bonchev–Trinajstić information content (AvgIpc) is 2.84. The van der Waals surface area contributed by atoms with E-state index in [0.29, 0.717) is 11.7 Å². The standard InChI is InChI=1S/C14H13ClO/c15-11-6-4-9(5-7-11)13-8-10-2-1-3-12(10)14(13)16/h4-8,10,12H,1-3H2. The summed E-state index contributed by atoms with van der Waals surface area (Å²) in [5.41, 5.74) is 1.93. The van der Waals surface area contributed by atoms with E-state index in [1.165, 1.54) is 12.8 Å². The molecule has 0 N–H and O–H groups in total. The van der Waals surface area contributed by atoms with Crippen LogP contribution in [0.1, 0.15) is 24.8 Å². The molecule has 2 aliphatic carbocycles. The molecule has 16 heavy (non-hydrogen) atoms. The summed E-state index contributed by atoms with van der Waals surface area (Å²) in [4.78, 5) is 12.2. The van der Waals surface area contributed by atoms with Gasteiger partial charge in [-0.3, -0.25) is 4.79 Å². The van der Waals surface area contributed by atoms with E-state index in [1.54, 1.807) is 0 Å². The molecule has 2 heteroatoms. The fourth-order valence-electron chi connectivity index (χ4n) is 2.88. The maximum Gasteiger partial charge on any atom is 0.166 e. The highest BCUT2D eigenvalue weighted by atomic mass is 35.5. The van der Waals surface area contributed by atoms with Crippen molar-refractivity contribution < 1.29 is 4.79 Å². The lowest BCUT2D eigenvalue weighted by Gasteiger charge is -2.06. The van der Waals surface area contributed by atoms with Crippen LogP contribution in [0.2, 0.25) is 5.02 Å². The van der Waals surface area contributed by atoms with Crippen LogP contribution in [0.4, 0.5) is 0 Å². The molecule has 0 radical (unpaired) electrons. The van der Waals surface area contributed by atoms with Crippen molar-refractivity contribution in [1.82, 2.24) is 0 Å². The first kappa shape index (κ1) is 10.1. The lowest BCUT2D eigenvalue weighted by molar-refractivity contribution is -0.117. The topological polar surface area (TPSA) is 17.1 Å². The van der Waals surface area contributed by atoms with Crippen LogP contribution in [-0.2, 0) is 4.79 Å². The number of carbonyl (C=O) groups is 1. The molecule has 0 heterocycles. The Kier molecular flexibility index (Phi) is 2.36. The zero-order valence-electron chi connectivity index (χ0n) is 8.95. The third kappa shape index (κ3) is 1.51. The third-order valence-electron chi connectivity index (χ3n) is 3.71. The second kappa shape index (κ2) is 3.74. The Hall–Kier alpha value is -1.08. The van der Waals surface area contributed by atoms with E-state index in [2.05, 4.69) is 6.08 Å². The van der Waals surface area contributed by atoms with Crippen molar-refractivity contribution in [1.29, 1.82) is 0 Å². The van der Waals surface area contributed by atoms with Crippen molar-refractivity contribution in [3.05, 3.63) is 40.9 Å². The van der Waals surface area contributed by atoms with Crippen LogP contribution in [0.25, 0.3) is 5.57 Å². The first-order valence-electron chi connectivity index (χ1n) is 5.77. The summed E-state index contributed by atoms with van der Waals surface area (Å²) in [6.07, 6.45) is 5.61. The minimum atomic E-state index is 0.269. The summed E-state index contributed by atoms with van der Waals surface area (Å²) in [5, 5.41) is 0.718. The summed E-state index contributed by atoms with van der Waals surface area (Å²) < 4.78 is 0. The zero-order chi connectivity index (χ0) is 11.1. The number of allylic oxidation sites excluding steroid dienone is 2. The van der Waals surface area contributed by atoms with Crippen LogP contribution < -0.4 is 0 Å². The monoisotopic (exact) mass is 232 g/mol. The molecule has 0 aromatic heterocycles. The number of hydrogen-bond acceptors (Lipinski definition) is 1. The van der Waals surface area contributed by atoms with Crippen molar-refractivity contribution in [2.45, 2.75) is 19.3 Å². The minimum absolute atomic E-state index is 0.269. The Balaban J connectivity index is 1.96.